The number of amides is 1. The van der Waals surface area contributed by atoms with E-state index in [0.717, 1.165) is 17.0 Å². The van der Waals surface area contributed by atoms with Crippen molar-refractivity contribution < 1.29 is 14.3 Å². The highest BCUT2D eigenvalue weighted by Crippen LogP contribution is 2.35. The van der Waals surface area contributed by atoms with E-state index in [2.05, 4.69) is 15.3 Å². The minimum Gasteiger partial charge on any atom is -0.486 e. The van der Waals surface area contributed by atoms with E-state index in [-0.39, 0.29) is 24.4 Å². The molecule has 10 heteroatoms. The van der Waals surface area contributed by atoms with Crippen LogP contribution in [0.25, 0.3) is 21.5 Å². The third-order valence-corrected chi connectivity index (χ3v) is 6.20. The molecule has 152 valence electrons. The lowest BCUT2D eigenvalue weighted by atomic mass is 10.1. The van der Waals surface area contributed by atoms with Gasteiger partial charge in [-0.25, -0.2) is 9.97 Å². The molecule has 0 atom stereocenters. The Morgan fingerprint density at radius 2 is 2.03 bits per heavy atom. The number of aromatic nitrogens is 3. The molecule has 30 heavy (non-hydrogen) atoms. The fourth-order valence-electron chi connectivity index (χ4n) is 3.12. The van der Waals surface area contributed by atoms with Crippen LogP contribution in [0.1, 0.15) is 6.42 Å². The van der Waals surface area contributed by atoms with E-state index in [4.69, 9.17) is 9.47 Å². The summed E-state index contributed by atoms with van der Waals surface area (Å²) in [6.45, 7) is 1.32. The molecular weight excluding hydrogens is 424 g/mol. The third-order valence-electron chi connectivity index (χ3n) is 4.62. The van der Waals surface area contributed by atoms with Crippen LogP contribution >= 0.6 is 22.7 Å². The number of carbonyl (C=O) groups is 1. The zero-order valence-electron chi connectivity index (χ0n) is 15.7. The maximum Gasteiger partial charge on any atom is 0.262 e. The van der Waals surface area contributed by atoms with Crippen molar-refractivity contribution in [3.8, 4) is 22.8 Å². The van der Waals surface area contributed by atoms with Gasteiger partial charge in [0.05, 0.1) is 17.4 Å². The molecule has 0 unspecified atom stereocenters. The summed E-state index contributed by atoms with van der Waals surface area (Å²) in [5.74, 6) is 1.20. The molecule has 8 nitrogen and oxygen atoms in total. The van der Waals surface area contributed by atoms with Gasteiger partial charge in [-0.1, -0.05) is 0 Å². The SMILES string of the molecule is O=C(CCn1cnc2sccc2c1=O)Nc1nc(-c2ccc3c(c2)OCCO3)cs1. The van der Waals surface area contributed by atoms with Crippen LogP contribution in [0, 0.1) is 0 Å². The van der Waals surface area contributed by atoms with Crippen molar-refractivity contribution in [1.29, 1.82) is 0 Å². The summed E-state index contributed by atoms with van der Waals surface area (Å²) in [5.41, 5.74) is 1.50. The lowest BCUT2D eigenvalue weighted by molar-refractivity contribution is -0.116. The van der Waals surface area contributed by atoms with Crippen molar-refractivity contribution in [3.05, 3.63) is 51.7 Å². The summed E-state index contributed by atoms with van der Waals surface area (Å²) in [5, 5.41) is 7.58. The van der Waals surface area contributed by atoms with Crippen LogP contribution in [0.4, 0.5) is 5.13 Å². The highest BCUT2D eigenvalue weighted by molar-refractivity contribution is 7.16. The van der Waals surface area contributed by atoms with Crippen molar-refractivity contribution in [2.24, 2.45) is 0 Å². The molecular formula is C20H16N4O4S2. The summed E-state index contributed by atoms with van der Waals surface area (Å²) in [6.07, 6.45) is 1.63. The quantitative estimate of drug-likeness (QED) is 0.511. The van der Waals surface area contributed by atoms with E-state index in [1.54, 1.807) is 6.07 Å². The molecule has 0 saturated heterocycles. The Kier molecular flexibility index (Phi) is 4.93. The molecule has 5 rings (SSSR count). The molecule has 1 aromatic carbocycles. The zero-order valence-corrected chi connectivity index (χ0v) is 17.3. The Morgan fingerprint density at radius 3 is 2.93 bits per heavy atom. The fourth-order valence-corrected chi connectivity index (χ4v) is 4.58. The van der Waals surface area contributed by atoms with Gasteiger partial charge in [-0.15, -0.1) is 22.7 Å². The van der Waals surface area contributed by atoms with Crippen LogP contribution in [0.2, 0.25) is 0 Å². The van der Waals surface area contributed by atoms with Crippen LogP contribution in [0.15, 0.2) is 46.1 Å². The number of anilines is 1. The second-order valence-corrected chi connectivity index (χ2v) is 8.33. The Labute approximate surface area is 178 Å². The molecule has 3 aromatic heterocycles. The average Bonchev–Trinajstić information content (AvgIpc) is 3.43. The van der Waals surface area contributed by atoms with Gasteiger partial charge in [0.2, 0.25) is 5.91 Å². The van der Waals surface area contributed by atoms with Gasteiger partial charge in [0, 0.05) is 23.9 Å². The number of fused-ring (bicyclic) bond motifs is 2. The highest BCUT2D eigenvalue weighted by atomic mass is 32.1. The van der Waals surface area contributed by atoms with Gasteiger partial charge in [0.1, 0.15) is 18.0 Å². The first-order chi connectivity index (χ1) is 14.7. The first-order valence-electron chi connectivity index (χ1n) is 9.25. The lowest BCUT2D eigenvalue weighted by Gasteiger charge is -2.18. The van der Waals surface area contributed by atoms with Gasteiger partial charge in [-0.2, -0.15) is 0 Å². The van der Waals surface area contributed by atoms with E-state index >= 15 is 0 Å². The van der Waals surface area contributed by atoms with Crippen molar-refractivity contribution in [2.75, 3.05) is 18.5 Å². The molecule has 4 aromatic rings. The smallest absolute Gasteiger partial charge is 0.262 e. The van der Waals surface area contributed by atoms with E-state index in [1.165, 1.54) is 33.6 Å². The van der Waals surface area contributed by atoms with E-state index in [1.807, 2.05) is 29.0 Å². The van der Waals surface area contributed by atoms with Gasteiger partial charge in [0.25, 0.3) is 5.56 Å². The van der Waals surface area contributed by atoms with E-state index in [0.29, 0.717) is 34.3 Å². The Hall–Kier alpha value is -3.24. The topological polar surface area (TPSA) is 95.3 Å². The number of nitrogens with zero attached hydrogens (tertiary/aromatic N) is 3. The van der Waals surface area contributed by atoms with Gasteiger partial charge >= 0.3 is 0 Å². The van der Waals surface area contributed by atoms with Crippen molar-refractivity contribution in [1.82, 2.24) is 14.5 Å². The van der Waals surface area contributed by atoms with E-state index < -0.39 is 0 Å². The number of hydrogen-bond donors (Lipinski definition) is 1. The maximum absolute atomic E-state index is 12.4. The fraction of sp³-hybridized carbons (Fsp3) is 0.200. The van der Waals surface area contributed by atoms with Gasteiger partial charge in [-0.05, 0) is 29.6 Å². The van der Waals surface area contributed by atoms with Gasteiger partial charge < -0.3 is 14.8 Å². The zero-order chi connectivity index (χ0) is 20.5. The molecule has 0 radical (unpaired) electrons. The number of thiazole rings is 1. The Bertz CT molecular complexity index is 1290. The highest BCUT2D eigenvalue weighted by Gasteiger charge is 2.15. The number of nitrogens with one attached hydrogen (secondary N) is 1. The second kappa shape index (κ2) is 7.88. The molecule has 1 aliphatic heterocycles. The number of carbonyl (C=O) groups excluding carboxylic acids is 1. The lowest BCUT2D eigenvalue weighted by Crippen LogP contribution is -2.23. The molecule has 0 bridgehead atoms. The van der Waals surface area contributed by atoms with Gasteiger partial charge in [-0.3, -0.25) is 14.2 Å². The number of thiophene rings is 1. The molecule has 1 N–H and O–H groups in total. The number of aryl methyl sites for hydroxylation is 1. The van der Waals surface area contributed by atoms with Crippen LogP contribution in [0.5, 0.6) is 11.5 Å². The van der Waals surface area contributed by atoms with Crippen molar-refractivity contribution in [2.45, 2.75) is 13.0 Å². The summed E-state index contributed by atoms with van der Waals surface area (Å²) >= 11 is 2.76. The number of ether oxygens (including phenoxy) is 2. The molecule has 4 heterocycles. The van der Waals surface area contributed by atoms with Crippen LogP contribution < -0.4 is 20.3 Å². The average molecular weight is 441 g/mol. The maximum atomic E-state index is 12.4. The van der Waals surface area contributed by atoms with Crippen LogP contribution in [-0.2, 0) is 11.3 Å². The Balaban J connectivity index is 1.24. The summed E-state index contributed by atoms with van der Waals surface area (Å²) < 4.78 is 12.6. The van der Waals surface area contributed by atoms with Crippen molar-refractivity contribution >= 4 is 43.9 Å². The molecule has 0 fully saturated rings. The minimum atomic E-state index is -0.213. The summed E-state index contributed by atoms with van der Waals surface area (Å²) in [7, 11) is 0. The monoisotopic (exact) mass is 440 g/mol. The predicted molar refractivity (Wildman–Crippen MR) is 116 cm³/mol. The predicted octanol–water partition coefficient (Wildman–Crippen LogP) is 3.38. The number of rotatable bonds is 5. The molecule has 0 spiro atoms. The Morgan fingerprint density at radius 1 is 1.17 bits per heavy atom. The first-order valence-corrected chi connectivity index (χ1v) is 11.0. The normalized spacial score (nSPS) is 12.8. The second-order valence-electron chi connectivity index (χ2n) is 6.58. The number of benzene rings is 1. The number of hydrogen-bond acceptors (Lipinski definition) is 8. The van der Waals surface area contributed by atoms with Gasteiger partial charge in [0.15, 0.2) is 16.6 Å². The summed E-state index contributed by atoms with van der Waals surface area (Å²) in [6, 6.07) is 7.40. The minimum absolute atomic E-state index is 0.135. The molecule has 1 amide bonds. The first kappa shape index (κ1) is 18.8. The van der Waals surface area contributed by atoms with E-state index in [9.17, 15) is 9.59 Å². The standard InChI is InChI=1S/C20H16N4O4S2/c25-17(3-5-24-11-21-18-13(19(24)26)4-8-29-18)23-20-22-14(10-30-20)12-1-2-15-16(9-12)28-7-6-27-15/h1-2,4,8-11H,3,5-7H2,(H,22,23,25). The third kappa shape index (κ3) is 3.66. The van der Waals surface area contributed by atoms with Crippen LogP contribution in [0.3, 0.4) is 0 Å². The van der Waals surface area contributed by atoms with Crippen molar-refractivity contribution in [3.63, 3.8) is 0 Å². The molecule has 0 aliphatic carbocycles. The summed E-state index contributed by atoms with van der Waals surface area (Å²) in [4.78, 5) is 34.2. The largest absolute Gasteiger partial charge is 0.486 e. The van der Waals surface area contributed by atoms with Crippen LogP contribution in [-0.4, -0.2) is 33.7 Å². The molecule has 1 aliphatic rings. The molecule has 0 saturated carbocycles.